The van der Waals surface area contributed by atoms with E-state index in [1.807, 2.05) is 18.4 Å². The zero-order valence-corrected chi connectivity index (χ0v) is 12.7. The number of nitrogen functional groups attached to an aromatic ring is 1. The number of sulfonamides is 1. The highest BCUT2D eigenvalue weighted by Gasteiger charge is 2.16. The molecule has 2 aromatic rings. The van der Waals surface area contributed by atoms with Gasteiger partial charge in [0.15, 0.2) is 0 Å². The molecule has 7 nitrogen and oxygen atoms in total. The molecular weight excluding hydrogens is 278 g/mol. The standard InChI is InChI=1S/C12H19N5O2S/c1-7-8(2)17(5-4-6-20(14,18)19)12-10(7)11(13)15-9(3)16-12/h4-6H2,1-3H3,(H2,13,15,16)(H2,14,18,19). The van der Waals surface area contributed by atoms with Gasteiger partial charge in [-0.15, -0.1) is 0 Å². The van der Waals surface area contributed by atoms with Crippen LogP contribution < -0.4 is 10.9 Å². The summed E-state index contributed by atoms with van der Waals surface area (Å²) in [6.45, 7) is 6.23. The Bertz CT molecular complexity index is 764. The first-order valence-electron chi connectivity index (χ1n) is 6.30. The van der Waals surface area contributed by atoms with E-state index in [0.29, 0.717) is 24.6 Å². The molecule has 0 amide bonds. The summed E-state index contributed by atoms with van der Waals surface area (Å²) in [6, 6.07) is 0. The lowest BCUT2D eigenvalue weighted by molar-refractivity contribution is 0.588. The topological polar surface area (TPSA) is 117 Å². The summed E-state index contributed by atoms with van der Waals surface area (Å²) >= 11 is 0. The number of hydrogen-bond acceptors (Lipinski definition) is 5. The molecule has 2 aromatic heterocycles. The summed E-state index contributed by atoms with van der Waals surface area (Å²) in [7, 11) is -3.44. The number of hydrogen-bond donors (Lipinski definition) is 2. The summed E-state index contributed by atoms with van der Waals surface area (Å²) < 4.78 is 24.0. The van der Waals surface area contributed by atoms with Crippen LogP contribution in [0.3, 0.4) is 0 Å². The van der Waals surface area contributed by atoms with Gasteiger partial charge in [0.1, 0.15) is 17.3 Å². The molecule has 0 saturated carbocycles. The minimum Gasteiger partial charge on any atom is -0.383 e. The van der Waals surface area contributed by atoms with Crippen LogP contribution in [0.4, 0.5) is 5.82 Å². The van der Waals surface area contributed by atoms with Gasteiger partial charge in [0.2, 0.25) is 10.0 Å². The fourth-order valence-corrected chi connectivity index (χ4v) is 2.91. The molecule has 110 valence electrons. The Morgan fingerprint density at radius 3 is 2.45 bits per heavy atom. The lowest BCUT2D eigenvalue weighted by atomic mass is 10.2. The van der Waals surface area contributed by atoms with Crippen molar-refractivity contribution in [3.63, 3.8) is 0 Å². The van der Waals surface area contributed by atoms with E-state index in [0.717, 1.165) is 22.3 Å². The smallest absolute Gasteiger partial charge is 0.209 e. The van der Waals surface area contributed by atoms with E-state index in [9.17, 15) is 8.42 Å². The van der Waals surface area contributed by atoms with Crippen molar-refractivity contribution in [2.24, 2.45) is 5.14 Å². The van der Waals surface area contributed by atoms with Crippen LogP contribution in [-0.2, 0) is 16.6 Å². The largest absolute Gasteiger partial charge is 0.383 e. The van der Waals surface area contributed by atoms with Crippen LogP contribution in [0.1, 0.15) is 23.5 Å². The number of nitrogens with two attached hydrogens (primary N) is 2. The summed E-state index contributed by atoms with van der Waals surface area (Å²) in [5.41, 5.74) is 8.74. The number of rotatable bonds is 4. The third-order valence-corrected chi connectivity index (χ3v) is 4.28. The van der Waals surface area contributed by atoms with E-state index in [1.54, 1.807) is 6.92 Å². The minimum atomic E-state index is -3.44. The van der Waals surface area contributed by atoms with Crippen molar-refractivity contribution in [1.82, 2.24) is 14.5 Å². The first kappa shape index (κ1) is 14.7. The van der Waals surface area contributed by atoms with E-state index in [-0.39, 0.29) is 5.75 Å². The van der Waals surface area contributed by atoms with Gasteiger partial charge in [0, 0.05) is 12.2 Å². The van der Waals surface area contributed by atoms with Crippen molar-refractivity contribution in [3.8, 4) is 0 Å². The fraction of sp³-hybridized carbons (Fsp3) is 0.500. The van der Waals surface area contributed by atoms with Gasteiger partial charge < -0.3 is 10.3 Å². The normalized spacial score (nSPS) is 12.2. The van der Waals surface area contributed by atoms with Crippen LogP contribution in [-0.4, -0.2) is 28.7 Å². The number of anilines is 1. The molecule has 2 heterocycles. The first-order valence-corrected chi connectivity index (χ1v) is 8.02. The highest BCUT2D eigenvalue weighted by atomic mass is 32.2. The second kappa shape index (κ2) is 5.02. The molecule has 0 bridgehead atoms. The van der Waals surface area contributed by atoms with Crippen LogP contribution in [0.15, 0.2) is 0 Å². The highest BCUT2D eigenvalue weighted by molar-refractivity contribution is 7.89. The van der Waals surface area contributed by atoms with Gasteiger partial charge in [-0.3, -0.25) is 0 Å². The predicted molar refractivity (Wildman–Crippen MR) is 78.7 cm³/mol. The molecular formula is C12H19N5O2S. The van der Waals surface area contributed by atoms with Crippen molar-refractivity contribution in [3.05, 3.63) is 17.1 Å². The van der Waals surface area contributed by atoms with E-state index in [2.05, 4.69) is 9.97 Å². The number of primary sulfonamides is 1. The molecule has 8 heteroatoms. The van der Waals surface area contributed by atoms with Gasteiger partial charge in [-0.25, -0.2) is 23.5 Å². The third kappa shape index (κ3) is 2.75. The summed E-state index contributed by atoms with van der Waals surface area (Å²) in [5.74, 6) is 1.00. The molecule has 4 N–H and O–H groups in total. The van der Waals surface area contributed by atoms with Crippen molar-refractivity contribution in [1.29, 1.82) is 0 Å². The summed E-state index contributed by atoms with van der Waals surface area (Å²) in [6.07, 6.45) is 0.436. The quantitative estimate of drug-likeness (QED) is 0.857. The molecule has 0 radical (unpaired) electrons. The van der Waals surface area contributed by atoms with E-state index in [4.69, 9.17) is 10.9 Å². The Balaban J connectivity index is 2.45. The lowest BCUT2D eigenvalue weighted by Gasteiger charge is -2.07. The van der Waals surface area contributed by atoms with Crippen molar-refractivity contribution >= 4 is 26.9 Å². The van der Waals surface area contributed by atoms with Crippen LogP contribution in [0.5, 0.6) is 0 Å². The average Bonchev–Trinajstić information content (AvgIpc) is 2.52. The first-order chi connectivity index (χ1) is 9.20. The van der Waals surface area contributed by atoms with E-state index in [1.165, 1.54) is 0 Å². The summed E-state index contributed by atoms with van der Waals surface area (Å²) in [5, 5.41) is 5.86. The molecule has 0 aromatic carbocycles. The molecule has 0 spiro atoms. The van der Waals surface area contributed by atoms with Crippen LogP contribution in [0.2, 0.25) is 0 Å². The number of aromatic nitrogens is 3. The van der Waals surface area contributed by atoms with Crippen molar-refractivity contribution < 1.29 is 8.42 Å². The average molecular weight is 297 g/mol. The second-order valence-corrected chi connectivity index (χ2v) is 6.67. The van der Waals surface area contributed by atoms with E-state index < -0.39 is 10.0 Å². The van der Waals surface area contributed by atoms with Crippen LogP contribution in [0.25, 0.3) is 11.0 Å². The monoisotopic (exact) mass is 297 g/mol. The summed E-state index contributed by atoms with van der Waals surface area (Å²) in [4.78, 5) is 8.60. The molecule has 0 aliphatic heterocycles. The SMILES string of the molecule is Cc1nc(N)c2c(C)c(C)n(CCCS(N)(=O)=O)c2n1. The molecule has 0 atom stereocenters. The molecule has 0 unspecified atom stereocenters. The molecule has 20 heavy (non-hydrogen) atoms. The van der Waals surface area contributed by atoms with Gasteiger partial charge in [-0.1, -0.05) is 0 Å². The molecule has 0 aliphatic carbocycles. The van der Waals surface area contributed by atoms with Crippen molar-refractivity contribution in [2.45, 2.75) is 33.7 Å². The number of nitrogens with zero attached hydrogens (tertiary/aromatic N) is 3. The fourth-order valence-electron chi connectivity index (χ4n) is 2.37. The van der Waals surface area contributed by atoms with Crippen LogP contribution in [0, 0.1) is 20.8 Å². The van der Waals surface area contributed by atoms with Gasteiger partial charge in [0.05, 0.1) is 11.1 Å². The Kier molecular flexibility index (Phi) is 3.70. The molecule has 2 rings (SSSR count). The maximum absolute atomic E-state index is 11.0. The zero-order valence-electron chi connectivity index (χ0n) is 11.8. The Hall–Kier alpha value is -1.67. The van der Waals surface area contributed by atoms with Gasteiger partial charge >= 0.3 is 0 Å². The van der Waals surface area contributed by atoms with Gasteiger partial charge in [0.25, 0.3) is 0 Å². The highest BCUT2D eigenvalue weighted by Crippen LogP contribution is 2.27. The minimum absolute atomic E-state index is 0.0509. The molecule has 0 aliphatic rings. The van der Waals surface area contributed by atoms with Gasteiger partial charge in [-0.2, -0.15) is 0 Å². The molecule has 0 fully saturated rings. The maximum Gasteiger partial charge on any atom is 0.209 e. The second-order valence-electron chi connectivity index (χ2n) is 4.94. The Labute approximate surface area is 118 Å². The predicted octanol–water partition coefficient (Wildman–Crippen LogP) is 0.617. The van der Waals surface area contributed by atoms with E-state index >= 15 is 0 Å². The lowest BCUT2D eigenvalue weighted by Crippen LogP contribution is -2.18. The zero-order chi connectivity index (χ0) is 15.1. The number of fused-ring (bicyclic) bond motifs is 1. The Morgan fingerprint density at radius 1 is 1.20 bits per heavy atom. The number of aryl methyl sites for hydroxylation is 3. The maximum atomic E-state index is 11.0. The van der Waals surface area contributed by atoms with Crippen molar-refractivity contribution in [2.75, 3.05) is 11.5 Å². The third-order valence-electron chi connectivity index (χ3n) is 3.42. The molecule has 0 saturated heterocycles. The Morgan fingerprint density at radius 2 is 1.85 bits per heavy atom. The van der Waals surface area contributed by atoms with Gasteiger partial charge in [-0.05, 0) is 32.8 Å². The van der Waals surface area contributed by atoms with Crippen LogP contribution >= 0.6 is 0 Å².